The van der Waals surface area contributed by atoms with Crippen LogP contribution < -0.4 is 5.32 Å². The van der Waals surface area contributed by atoms with Gasteiger partial charge in [0.05, 0.1) is 6.04 Å². The first kappa shape index (κ1) is 24.5. The molecule has 0 radical (unpaired) electrons. The van der Waals surface area contributed by atoms with E-state index in [2.05, 4.69) is 45.1 Å². The Labute approximate surface area is 213 Å². The molecule has 0 aliphatic carbocycles. The quantitative estimate of drug-likeness (QED) is 0.520. The third-order valence-corrected chi connectivity index (χ3v) is 7.93. The predicted octanol–water partition coefficient (Wildman–Crippen LogP) is 3.23. The number of para-hydroxylation sites is 1. The van der Waals surface area contributed by atoms with E-state index in [4.69, 9.17) is 0 Å². The number of hydrogen-bond acceptors (Lipinski definition) is 4. The topological polar surface area (TPSA) is 60.8 Å². The molecular formula is C29H37N5O2. The summed E-state index contributed by atoms with van der Waals surface area (Å²) >= 11 is 0. The summed E-state index contributed by atoms with van der Waals surface area (Å²) in [5.41, 5.74) is 3.88. The monoisotopic (exact) mass is 487 g/mol. The number of likely N-dealkylation sites (N-methyl/N-ethyl adjacent to an activating group) is 2. The van der Waals surface area contributed by atoms with E-state index in [1.165, 1.54) is 0 Å². The van der Waals surface area contributed by atoms with Gasteiger partial charge in [0, 0.05) is 87.4 Å². The fourth-order valence-electron chi connectivity index (χ4n) is 5.90. The van der Waals surface area contributed by atoms with Crippen LogP contribution in [0.1, 0.15) is 46.3 Å². The average molecular weight is 488 g/mol. The van der Waals surface area contributed by atoms with Crippen LogP contribution in [0.25, 0.3) is 10.9 Å². The Morgan fingerprint density at radius 1 is 0.944 bits per heavy atom. The normalized spacial score (nSPS) is 21.1. The molecular weight excluding hydrogens is 450 g/mol. The second-order valence-corrected chi connectivity index (χ2v) is 10.3. The Morgan fingerprint density at radius 3 is 2.47 bits per heavy atom. The highest BCUT2D eigenvalue weighted by Gasteiger charge is 2.40. The second-order valence-electron chi connectivity index (χ2n) is 10.3. The van der Waals surface area contributed by atoms with Crippen LogP contribution in [0, 0.1) is 0 Å². The fourth-order valence-corrected chi connectivity index (χ4v) is 5.90. The molecule has 190 valence electrons. The zero-order chi connectivity index (χ0) is 25.2. The van der Waals surface area contributed by atoms with Crippen molar-refractivity contribution in [2.75, 3.05) is 53.4 Å². The third kappa shape index (κ3) is 4.77. The van der Waals surface area contributed by atoms with Crippen LogP contribution in [0.2, 0.25) is 0 Å². The molecule has 1 aromatic heterocycles. The van der Waals surface area contributed by atoms with Crippen LogP contribution in [0.3, 0.4) is 0 Å². The predicted molar refractivity (Wildman–Crippen MR) is 143 cm³/mol. The molecule has 7 nitrogen and oxygen atoms in total. The van der Waals surface area contributed by atoms with E-state index in [-0.39, 0.29) is 23.8 Å². The lowest BCUT2D eigenvalue weighted by Gasteiger charge is -2.40. The van der Waals surface area contributed by atoms with Gasteiger partial charge in [-0.1, -0.05) is 36.4 Å². The molecule has 36 heavy (non-hydrogen) atoms. The maximum Gasteiger partial charge on any atom is 0.254 e. The van der Waals surface area contributed by atoms with Crippen LogP contribution in [-0.4, -0.2) is 84.4 Å². The zero-order valence-corrected chi connectivity index (χ0v) is 21.6. The molecule has 0 saturated carbocycles. The van der Waals surface area contributed by atoms with Gasteiger partial charge in [0.15, 0.2) is 0 Å². The van der Waals surface area contributed by atoms with Crippen molar-refractivity contribution in [1.29, 1.82) is 0 Å². The molecule has 1 saturated heterocycles. The van der Waals surface area contributed by atoms with Crippen molar-refractivity contribution in [3.05, 3.63) is 71.4 Å². The van der Waals surface area contributed by atoms with Gasteiger partial charge < -0.3 is 24.6 Å². The minimum absolute atomic E-state index is 0.00682. The molecule has 2 unspecified atom stereocenters. The van der Waals surface area contributed by atoms with Crippen LogP contribution >= 0.6 is 0 Å². The molecule has 0 bridgehead atoms. The number of fused-ring (bicyclic) bond motifs is 2. The molecule has 3 aromatic rings. The van der Waals surface area contributed by atoms with E-state index in [9.17, 15) is 9.59 Å². The minimum atomic E-state index is -0.213. The fraction of sp³-hybridized carbons (Fsp3) is 0.448. The standard InChI is InChI=1S/C29H37N5O2/c1-31-15-17-34(18-16-31)14-8-13-30-27(35)19-24-21-9-4-5-11-23(21)29(36)33(3)28(24)25-20-32(2)26-12-7-6-10-22(25)26/h4-7,9-12,20,24,28H,8,13-19H2,1-3H3,(H,30,35). The van der Waals surface area contributed by atoms with Crippen molar-refractivity contribution < 1.29 is 9.59 Å². The number of hydrogen-bond donors (Lipinski definition) is 1. The number of aryl methyl sites for hydroxylation is 1. The molecule has 2 amide bonds. The first-order chi connectivity index (χ1) is 17.4. The Morgan fingerprint density at radius 2 is 1.67 bits per heavy atom. The molecule has 5 rings (SSSR count). The number of benzene rings is 2. The number of carbonyl (C=O) groups excluding carboxylic acids is 2. The summed E-state index contributed by atoms with van der Waals surface area (Å²) in [4.78, 5) is 33.2. The van der Waals surface area contributed by atoms with E-state index in [1.54, 1.807) is 0 Å². The summed E-state index contributed by atoms with van der Waals surface area (Å²) in [6, 6.07) is 15.8. The number of carbonyl (C=O) groups is 2. The van der Waals surface area contributed by atoms with Gasteiger partial charge in [0.1, 0.15) is 0 Å². The molecule has 7 heteroatoms. The number of rotatable bonds is 7. The minimum Gasteiger partial charge on any atom is -0.356 e. The summed E-state index contributed by atoms with van der Waals surface area (Å²) < 4.78 is 2.11. The Kier molecular flexibility index (Phi) is 7.12. The lowest BCUT2D eigenvalue weighted by Crippen LogP contribution is -2.45. The van der Waals surface area contributed by atoms with Gasteiger partial charge >= 0.3 is 0 Å². The van der Waals surface area contributed by atoms with E-state index in [1.807, 2.05) is 55.4 Å². The van der Waals surface area contributed by atoms with Crippen LogP contribution in [0.4, 0.5) is 0 Å². The molecule has 1 fully saturated rings. The van der Waals surface area contributed by atoms with E-state index >= 15 is 0 Å². The van der Waals surface area contributed by atoms with Gasteiger partial charge in [-0.05, 0) is 37.7 Å². The van der Waals surface area contributed by atoms with E-state index in [0.717, 1.165) is 61.2 Å². The Balaban J connectivity index is 1.35. The van der Waals surface area contributed by atoms with Crippen molar-refractivity contribution in [3.63, 3.8) is 0 Å². The number of nitrogens with one attached hydrogen (secondary N) is 1. The second kappa shape index (κ2) is 10.4. The molecule has 2 aliphatic rings. The van der Waals surface area contributed by atoms with Crippen LogP contribution in [0.5, 0.6) is 0 Å². The van der Waals surface area contributed by atoms with E-state index < -0.39 is 0 Å². The number of amides is 2. The van der Waals surface area contributed by atoms with Gasteiger partial charge in [-0.25, -0.2) is 0 Å². The molecule has 1 N–H and O–H groups in total. The Hall–Kier alpha value is -3.16. The number of nitrogens with zero attached hydrogens (tertiary/aromatic N) is 4. The molecule has 2 aromatic carbocycles. The first-order valence-electron chi connectivity index (χ1n) is 13.0. The Bertz CT molecular complexity index is 1240. The SMILES string of the molecule is CN1CCN(CCCNC(=O)CC2c3ccccc3C(=O)N(C)C2c2cn(C)c3ccccc23)CC1. The molecule has 2 atom stereocenters. The summed E-state index contributed by atoms with van der Waals surface area (Å²) in [6.45, 7) is 6.08. The lowest BCUT2D eigenvalue weighted by atomic mass is 9.78. The van der Waals surface area contributed by atoms with E-state index in [0.29, 0.717) is 18.5 Å². The highest BCUT2D eigenvalue weighted by molar-refractivity contribution is 5.98. The van der Waals surface area contributed by atoms with Crippen molar-refractivity contribution in [3.8, 4) is 0 Å². The first-order valence-corrected chi connectivity index (χ1v) is 13.0. The maximum atomic E-state index is 13.4. The summed E-state index contributed by atoms with van der Waals surface area (Å²) in [7, 11) is 6.07. The van der Waals surface area contributed by atoms with Crippen molar-refractivity contribution in [2.45, 2.75) is 24.8 Å². The summed E-state index contributed by atoms with van der Waals surface area (Å²) in [6.07, 6.45) is 3.41. The molecule has 0 spiro atoms. The lowest BCUT2D eigenvalue weighted by molar-refractivity contribution is -0.121. The van der Waals surface area contributed by atoms with Crippen molar-refractivity contribution >= 4 is 22.7 Å². The van der Waals surface area contributed by atoms with Crippen molar-refractivity contribution in [1.82, 2.24) is 24.6 Å². The average Bonchev–Trinajstić information content (AvgIpc) is 3.22. The van der Waals surface area contributed by atoms with Gasteiger partial charge in [0.25, 0.3) is 5.91 Å². The number of aromatic nitrogens is 1. The molecule has 2 aliphatic heterocycles. The summed E-state index contributed by atoms with van der Waals surface area (Å²) in [5, 5.41) is 4.29. The highest BCUT2D eigenvalue weighted by Crippen LogP contribution is 2.45. The third-order valence-electron chi connectivity index (χ3n) is 7.93. The number of piperazine rings is 1. The smallest absolute Gasteiger partial charge is 0.254 e. The zero-order valence-electron chi connectivity index (χ0n) is 21.6. The van der Waals surface area contributed by atoms with Gasteiger partial charge in [0.2, 0.25) is 5.91 Å². The highest BCUT2D eigenvalue weighted by atomic mass is 16.2. The molecule has 3 heterocycles. The van der Waals surface area contributed by atoms with Crippen LogP contribution in [0.15, 0.2) is 54.7 Å². The van der Waals surface area contributed by atoms with Gasteiger partial charge in [-0.2, -0.15) is 0 Å². The largest absolute Gasteiger partial charge is 0.356 e. The van der Waals surface area contributed by atoms with Gasteiger partial charge in [-0.15, -0.1) is 0 Å². The maximum absolute atomic E-state index is 13.4. The van der Waals surface area contributed by atoms with Crippen LogP contribution in [-0.2, 0) is 11.8 Å². The van der Waals surface area contributed by atoms with Crippen molar-refractivity contribution in [2.24, 2.45) is 7.05 Å². The van der Waals surface area contributed by atoms with Gasteiger partial charge in [-0.3, -0.25) is 9.59 Å². The summed E-state index contributed by atoms with van der Waals surface area (Å²) in [5.74, 6) is -0.0686.